The maximum atomic E-state index is 5.01. The summed E-state index contributed by atoms with van der Waals surface area (Å²) in [4.78, 5) is 4.50. The van der Waals surface area contributed by atoms with E-state index in [4.69, 9.17) is 4.52 Å². The lowest BCUT2D eigenvalue weighted by atomic mass is 10.2. The molecule has 0 spiro atoms. The van der Waals surface area contributed by atoms with Gasteiger partial charge in [-0.3, -0.25) is 5.10 Å². The second-order valence-corrected chi connectivity index (χ2v) is 4.16. The first kappa shape index (κ1) is 9.29. The van der Waals surface area contributed by atoms with Gasteiger partial charge in [0.15, 0.2) is 0 Å². The Kier molecular flexibility index (Phi) is 2.07. The molecule has 0 saturated heterocycles. The smallest absolute Gasteiger partial charge is 0.143 e. The molecule has 80 valence electrons. The average Bonchev–Trinajstić information content (AvgIpc) is 2.96. The van der Waals surface area contributed by atoms with Crippen LogP contribution >= 0.6 is 11.3 Å². The van der Waals surface area contributed by atoms with Crippen molar-refractivity contribution in [1.82, 2.24) is 20.3 Å². The Morgan fingerprint density at radius 1 is 1.44 bits per heavy atom. The summed E-state index contributed by atoms with van der Waals surface area (Å²) in [5.74, 6) is 0.779. The Morgan fingerprint density at radius 2 is 2.38 bits per heavy atom. The number of nitrogens with one attached hydrogen (secondary N) is 1. The summed E-state index contributed by atoms with van der Waals surface area (Å²) in [5.41, 5.74) is 2.74. The minimum atomic E-state index is 0.779. The van der Waals surface area contributed by atoms with E-state index in [1.54, 1.807) is 23.7 Å². The first-order chi connectivity index (χ1) is 7.84. The van der Waals surface area contributed by atoms with Gasteiger partial charge in [-0.1, -0.05) is 5.16 Å². The zero-order chi connectivity index (χ0) is 11.0. The molecule has 5 nitrogen and oxygen atoms in total. The predicted molar refractivity (Wildman–Crippen MR) is 59.9 cm³/mol. The quantitative estimate of drug-likeness (QED) is 0.737. The molecule has 0 amide bonds. The molecule has 3 rings (SSSR count). The van der Waals surface area contributed by atoms with Gasteiger partial charge < -0.3 is 4.52 Å². The fourth-order valence-corrected chi connectivity index (χ4v) is 2.24. The van der Waals surface area contributed by atoms with Crippen molar-refractivity contribution in [3.05, 3.63) is 29.6 Å². The normalized spacial score (nSPS) is 10.8. The molecule has 3 heterocycles. The van der Waals surface area contributed by atoms with Crippen molar-refractivity contribution in [2.45, 2.75) is 6.92 Å². The summed E-state index contributed by atoms with van der Waals surface area (Å²) < 4.78 is 5.01. The number of hydrogen-bond donors (Lipinski definition) is 1. The van der Waals surface area contributed by atoms with Gasteiger partial charge in [-0.15, -0.1) is 11.3 Å². The third-order valence-electron chi connectivity index (χ3n) is 2.26. The summed E-state index contributed by atoms with van der Waals surface area (Å²) in [7, 11) is 0. The van der Waals surface area contributed by atoms with E-state index < -0.39 is 0 Å². The van der Waals surface area contributed by atoms with Crippen molar-refractivity contribution in [1.29, 1.82) is 0 Å². The molecule has 0 atom stereocenters. The number of aryl methyl sites for hydroxylation is 1. The van der Waals surface area contributed by atoms with Crippen molar-refractivity contribution in [3.63, 3.8) is 0 Å². The topological polar surface area (TPSA) is 67.6 Å². The largest absolute Gasteiger partial charge is 0.361 e. The minimum absolute atomic E-state index is 0.779. The van der Waals surface area contributed by atoms with Crippen LogP contribution in [0.5, 0.6) is 0 Å². The van der Waals surface area contributed by atoms with Crippen LogP contribution < -0.4 is 0 Å². The van der Waals surface area contributed by atoms with E-state index in [9.17, 15) is 0 Å². The van der Waals surface area contributed by atoms with E-state index in [-0.39, 0.29) is 0 Å². The highest BCUT2D eigenvalue weighted by atomic mass is 32.1. The monoisotopic (exact) mass is 232 g/mol. The standard InChI is InChI=1S/C10H8N4OS/c1-6-7(4-12-15-6)9-5-16-10(13-9)8-2-3-11-14-8/h2-5H,1H3,(H,11,14). The van der Waals surface area contributed by atoms with Crippen LogP contribution in [-0.4, -0.2) is 20.3 Å². The van der Waals surface area contributed by atoms with E-state index in [2.05, 4.69) is 20.3 Å². The summed E-state index contributed by atoms with van der Waals surface area (Å²) in [6.07, 6.45) is 3.39. The molecule has 0 unspecified atom stereocenters. The van der Waals surface area contributed by atoms with E-state index in [1.807, 2.05) is 18.4 Å². The Labute approximate surface area is 95.1 Å². The van der Waals surface area contributed by atoms with Gasteiger partial charge in [0, 0.05) is 11.6 Å². The molecule has 0 bridgehead atoms. The summed E-state index contributed by atoms with van der Waals surface area (Å²) in [6, 6.07) is 1.89. The second-order valence-electron chi connectivity index (χ2n) is 3.30. The van der Waals surface area contributed by atoms with Crippen molar-refractivity contribution < 1.29 is 4.52 Å². The highest BCUT2D eigenvalue weighted by molar-refractivity contribution is 7.13. The molecule has 0 aromatic carbocycles. The van der Waals surface area contributed by atoms with E-state index in [1.165, 1.54) is 0 Å². The van der Waals surface area contributed by atoms with E-state index >= 15 is 0 Å². The van der Waals surface area contributed by atoms with Gasteiger partial charge in [-0.05, 0) is 13.0 Å². The van der Waals surface area contributed by atoms with Crippen LogP contribution in [0.4, 0.5) is 0 Å². The van der Waals surface area contributed by atoms with Crippen molar-refractivity contribution >= 4 is 11.3 Å². The second kappa shape index (κ2) is 3.57. The fourth-order valence-electron chi connectivity index (χ4n) is 1.44. The zero-order valence-corrected chi connectivity index (χ0v) is 9.28. The highest BCUT2D eigenvalue weighted by Crippen LogP contribution is 2.28. The van der Waals surface area contributed by atoms with Crippen molar-refractivity contribution in [2.75, 3.05) is 0 Å². The van der Waals surface area contributed by atoms with Crippen LogP contribution in [0.25, 0.3) is 22.0 Å². The first-order valence-corrected chi connectivity index (χ1v) is 5.59. The molecule has 3 aromatic heterocycles. The van der Waals surface area contributed by atoms with Crippen LogP contribution in [-0.2, 0) is 0 Å². The van der Waals surface area contributed by atoms with Gasteiger partial charge in [0.1, 0.15) is 10.8 Å². The number of aromatic nitrogens is 4. The lowest BCUT2D eigenvalue weighted by Crippen LogP contribution is -1.79. The van der Waals surface area contributed by atoms with Gasteiger partial charge >= 0.3 is 0 Å². The summed E-state index contributed by atoms with van der Waals surface area (Å²) >= 11 is 1.56. The minimum Gasteiger partial charge on any atom is -0.361 e. The van der Waals surface area contributed by atoms with E-state index in [0.717, 1.165) is 27.7 Å². The fraction of sp³-hybridized carbons (Fsp3) is 0.100. The maximum absolute atomic E-state index is 5.01. The number of aromatic amines is 1. The zero-order valence-electron chi connectivity index (χ0n) is 8.47. The van der Waals surface area contributed by atoms with Gasteiger partial charge in [-0.2, -0.15) is 5.10 Å². The van der Waals surface area contributed by atoms with Crippen molar-refractivity contribution in [3.8, 4) is 22.0 Å². The summed E-state index contributed by atoms with van der Waals surface area (Å²) in [6.45, 7) is 1.87. The van der Waals surface area contributed by atoms with Crippen LogP contribution in [0.2, 0.25) is 0 Å². The molecule has 3 aromatic rings. The maximum Gasteiger partial charge on any atom is 0.143 e. The predicted octanol–water partition coefficient (Wildman–Crippen LogP) is 2.50. The van der Waals surface area contributed by atoms with E-state index in [0.29, 0.717) is 0 Å². The molecule has 0 aliphatic carbocycles. The number of hydrogen-bond acceptors (Lipinski definition) is 5. The van der Waals surface area contributed by atoms with Gasteiger partial charge in [0.2, 0.25) is 0 Å². The molecule has 0 saturated carbocycles. The molecule has 16 heavy (non-hydrogen) atoms. The van der Waals surface area contributed by atoms with Crippen LogP contribution in [0, 0.1) is 6.92 Å². The molecule has 0 fully saturated rings. The number of nitrogens with zero attached hydrogens (tertiary/aromatic N) is 3. The molecule has 1 N–H and O–H groups in total. The molecule has 6 heteroatoms. The summed E-state index contributed by atoms with van der Waals surface area (Å²) in [5, 5.41) is 13.4. The molecular formula is C10H8N4OS. The Morgan fingerprint density at radius 3 is 3.06 bits per heavy atom. The van der Waals surface area contributed by atoms with Gasteiger partial charge in [0.25, 0.3) is 0 Å². The van der Waals surface area contributed by atoms with Crippen LogP contribution in [0.1, 0.15) is 5.76 Å². The molecule has 0 radical (unpaired) electrons. The lowest BCUT2D eigenvalue weighted by Gasteiger charge is -1.90. The molecule has 0 aliphatic rings. The third kappa shape index (κ3) is 1.43. The highest BCUT2D eigenvalue weighted by Gasteiger charge is 2.11. The Balaban J connectivity index is 2.03. The number of rotatable bonds is 2. The lowest BCUT2D eigenvalue weighted by molar-refractivity contribution is 0.398. The third-order valence-corrected chi connectivity index (χ3v) is 3.14. The van der Waals surface area contributed by atoms with Crippen molar-refractivity contribution in [2.24, 2.45) is 0 Å². The SMILES string of the molecule is Cc1oncc1-c1csc(-c2ccn[nH]2)n1. The van der Waals surface area contributed by atoms with Crippen LogP contribution in [0.15, 0.2) is 28.4 Å². The Bertz CT molecular complexity index is 596. The average molecular weight is 232 g/mol. The number of H-pyrrole nitrogens is 1. The number of thiazole rings is 1. The first-order valence-electron chi connectivity index (χ1n) is 4.71. The molecular weight excluding hydrogens is 224 g/mol. The van der Waals surface area contributed by atoms with Crippen LogP contribution in [0.3, 0.4) is 0 Å². The Hall–Kier alpha value is -1.95. The molecule has 0 aliphatic heterocycles. The van der Waals surface area contributed by atoms with Gasteiger partial charge in [-0.25, -0.2) is 4.98 Å². The van der Waals surface area contributed by atoms with Gasteiger partial charge in [0.05, 0.1) is 23.1 Å².